The second-order valence-electron chi connectivity index (χ2n) is 4.21. The van der Waals surface area contributed by atoms with E-state index in [1.807, 2.05) is 0 Å². The Balaban J connectivity index is 2.38. The standard InChI is InChI=1S/C14H11F3O2/c1-8(18)12-7-13(19-9(12)2)10-3-5-11(6-4-10)14(15,16)17/h3-7H,1-2H3. The molecule has 1 aromatic carbocycles. The van der Waals surface area contributed by atoms with E-state index in [2.05, 4.69) is 0 Å². The molecular weight excluding hydrogens is 257 g/mol. The van der Waals surface area contributed by atoms with Crippen LogP contribution >= 0.6 is 0 Å². The van der Waals surface area contributed by atoms with Crippen LogP contribution in [0.2, 0.25) is 0 Å². The van der Waals surface area contributed by atoms with Crippen LogP contribution in [0.5, 0.6) is 0 Å². The summed E-state index contributed by atoms with van der Waals surface area (Å²) in [6, 6.07) is 6.16. The van der Waals surface area contributed by atoms with E-state index in [0.29, 0.717) is 22.6 Å². The lowest BCUT2D eigenvalue weighted by molar-refractivity contribution is -0.137. The quantitative estimate of drug-likeness (QED) is 0.752. The van der Waals surface area contributed by atoms with Crippen LogP contribution in [0.25, 0.3) is 11.3 Å². The van der Waals surface area contributed by atoms with E-state index in [1.165, 1.54) is 19.1 Å². The molecule has 2 rings (SSSR count). The van der Waals surface area contributed by atoms with E-state index in [0.717, 1.165) is 12.1 Å². The van der Waals surface area contributed by atoms with Crippen molar-refractivity contribution in [2.75, 3.05) is 0 Å². The molecule has 0 amide bonds. The summed E-state index contributed by atoms with van der Waals surface area (Å²) in [5, 5.41) is 0. The van der Waals surface area contributed by atoms with E-state index < -0.39 is 11.7 Å². The lowest BCUT2D eigenvalue weighted by Crippen LogP contribution is -2.03. The highest BCUT2D eigenvalue weighted by molar-refractivity contribution is 5.96. The molecule has 0 saturated carbocycles. The van der Waals surface area contributed by atoms with Gasteiger partial charge < -0.3 is 4.42 Å². The Morgan fingerprint density at radius 3 is 2.16 bits per heavy atom. The van der Waals surface area contributed by atoms with E-state index in [4.69, 9.17) is 4.42 Å². The number of halogens is 3. The van der Waals surface area contributed by atoms with Crippen LogP contribution < -0.4 is 0 Å². The van der Waals surface area contributed by atoms with Crippen molar-refractivity contribution in [2.45, 2.75) is 20.0 Å². The highest BCUT2D eigenvalue weighted by Gasteiger charge is 2.30. The van der Waals surface area contributed by atoms with Crippen molar-refractivity contribution in [2.24, 2.45) is 0 Å². The number of carbonyl (C=O) groups excluding carboxylic acids is 1. The molecule has 1 aromatic heterocycles. The summed E-state index contributed by atoms with van der Waals surface area (Å²) < 4.78 is 42.7. The van der Waals surface area contributed by atoms with Gasteiger partial charge in [0.25, 0.3) is 0 Å². The van der Waals surface area contributed by atoms with E-state index in [9.17, 15) is 18.0 Å². The Morgan fingerprint density at radius 1 is 1.16 bits per heavy atom. The summed E-state index contributed by atoms with van der Waals surface area (Å²) in [4.78, 5) is 11.3. The van der Waals surface area contributed by atoms with Crippen molar-refractivity contribution in [1.29, 1.82) is 0 Å². The Bertz CT molecular complexity index is 607. The largest absolute Gasteiger partial charge is 0.461 e. The second-order valence-corrected chi connectivity index (χ2v) is 4.21. The monoisotopic (exact) mass is 268 g/mol. The zero-order valence-electron chi connectivity index (χ0n) is 10.3. The Morgan fingerprint density at radius 2 is 1.74 bits per heavy atom. The van der Waals surface area contributed by atoms with Crippen LogP contribution in [0.15, 0.2) is 34.7 Å². The molecular formula is C14H11F3O2. The molecule has 0 atom stereocenters. The SMILES string of the molecule is CC(=O)c1cc(-c2ccc(C(F)(F)F)cc2)oc1C. The third-order valence-corrected chi connectivity index (χ3v) is 2.79. The third kappa shape index (κ3) is 2.70. The minimum atomic E-state index is -4.36. The summed E-state index contributed by atoms with van der Waals surface area (Å²) in [5.74, 6) is 0.707. The molecule has 0 N–H and O–H groups in total. The lowest BCUT2D eigenvalue weighted by Gasteiger charge is -2.06. The zero-order chi connectivity index (χ0) is 14.2. The molecule has 5 heteroatoms. The molecule has 100 valence electrons. The van der Waals surface area contributed by atoms with Gasteiger partial charge in [-0.1, -0.05) is 12.1 Å². The predicted octanol–water partition coefficient (Wildman–Crippen LogP) is 4.48. The summed E-state index contributed by atoms with van der Waals surface area (Å²) >= 11 is 0. The fourth-order valence-corrected chi connectivity index (χ4v) is 1.80. The first-order chi connectivity index (χ1) is 8.79. The minimum Gasteiger partial charge on any atom is -0.461 e. The first kappa shape index (κ1) is 13.4. The molecule has 0 saturated heterocycles. The second kappa shape index (κ2) is 4.57. The number of carbonyl (C=O) groups is 1. The van der Waals surface area contributed by atoms with Crippen LogP contribution in [0.3, 0.4) is 0 Å². The van der Waals surface area contributed by atoms with Gasteiger partial charge in [0.1, 0.15) is 11.5 Å². The number of Topliss-reactive ketones (excluding diaryl/α,β-unsaturated/α-hetero) is 1. The highest BCUT2D eigenvalue weighted by Crippen LogP contribution is 2.32. The first-order valence-electron chi connectivity index (χ1n) is 5.58. The van der Waals surface area contributed by atoms with Gasteiger partial charge >= 0.3 is 6.18 Å². The van der Waals surface area contributed by atoms with Crippen molar-refractivity contribution in [3.8, 4) is 11.3 Å². The first-order valence-corrected chi connectivity index (χ1v) is 5.58. The van der Waals surface area contributed by atoms with E-state index in [-0.39, 0.29) is 5.78 Å². The smallest absolute Gasteiger partial charge is 0.416 e. The van der Waals surface area contributed by atoms with Gasteiger partial charge in [0, 0.05) is 5.56 Å². The number of alkyl halides is 3. The van der Waals surface area contributed by atoms with Crippen LogP contribution in [0.1, 0.15) is 28.6 Å². The molecule has 0 spiro atoms. The molecule has 0 bridgehead atoms. The van der Waals surface area contributed by atoms with E-state index >= 15 is 0 Å². The molecule has 0 unspecified atom stereocenters. The Kier molecular flexibility index (Phi) is 3.22. The minimum absolute atomic E-state index is 0.139. The van der Waals surface area contributed by atoms with Gasteiger partial charge in [-0.05, 0) is 32.0 Å². The highest BCUT2D eigenvalue weighted by atomic mass is 19.4. The third-order valence-electron chi connectivity index (χ3n) is 2.79. The van der Waals surface area contributed by atoms with Crippen molar-refractivity contribution >= 4 is 5.78 Å². The van der Waals surface area contributed by atoms with Gasteiger partial charge in [-0.15, -0.1) is 0 Å². The molecule has 0 aliphatic heterocycles. The maximum atomic E-state index is 12.4. The lowest BCUT2D eigenvalue weighted by atomic mass is 10.1. The van der Waals surface area contributed by atoms with Crippen molar-refractivity contribution < 1.29 is 22.4 Å². The summed E-state index contributed by atoms with van der Waals surface area (Å²) in [6.45, 7) is 3.05. The topological polar surface area (TPSA) is 30.2 Å². The fraction of sp³-hybridized carbons (Fsp3) is 0.214. The maximum Gasteiger partial charge on any atom is 0.416 e. The Hall–Kier alpha value is -2.04. The number of hydrogen-bond donors (Lipinski definition) is 0. The summed E-state index contributed by atoms with van der Waals surface area (Å²) in [5.41, 5.74) is 0.227. The molecule has 0 radical (unpaired) electrons. The van der Waals surface area contributed by atoms with Gasteiger partial charge in [0.05, 0.1) is 11.1 Å². The predicted molar refractivity (Wildman–Crippen MR) is 63.9 cm³/mol. The van der Waals surface area contributed by atoms with Crippen LogP contribution in [-0.2, 0) is 6.18 Å². The van der Waals surface area contributed by atoms with Crippen molar-refractivity contribution in [1.82, 2.24) is 0 Å². The summed E-state index contributed by atoms with van der Waals surface area (Å²) in [7, 11) is 0. The number of hydrogen-bond acceptors (Lipinski definition) is 2. The number of aryl methyl sites for hydroxylation is 1. The summed E-state index contributed by atoms with van der Waals surface area (Å²) in [6.07, 6.45) is -4.36. The molecule has 2 aromatic rings. The molecule has 0 fully saturated rings. The Labute approximate surface area is 107 Å². The molecule has 0 aliphatic carbocycles. The number of rotatable bonds is 2. The van der Waals surface area contributed by atoms with E-state index in [1.54, 1.807) is 13.0 Å². The molecule has 1 heterocycles. The van der Waals surface area contributed by atoms with Crippen molar-refractivity contribution in [3.63, 3.8) is 0 Å². The van der Waals surface area contributed by atoms with Crippen LogP contribution in [0, 0.1) is 6.92 Å². The average molecular weight is 268 g/mol. The van der Waals surface area contributed by atoms with Gasteiger partial charge in [0.15, 0.2) is 5.78 Å². The fourth-order valence-electron chi connectivity index (χ4n) is 1.80. The number of ketones is 1. The molecule has 19 heavy (non-hydrogen) atoms. The normalized spacial score (nSPS) is 11.6. The average Bonchev–Trinajstić information content (AvgIpc) is 2.70. The van der Waals surface area contributed by atoms with Crippen LogP contribution in [0.4, 0.5) is 13.2 Å². The van der Waals surface area contributed by atoms with Gasteiger partial charge in [0.2, 0.25) is 0 Å². The number of benzene rings is 1. The van der Waals surface area contributed by atoms with Gasteiger partial charge in [-0.2, -0.15) is 13.2 Å². The maximum absolute atomic E-state index is 12.4. The van der Waals surface area contributed by atoms with Crippen molar-refractivity contribution in [3.05, 3.63) is 47.2 Å². The molecule has 0 aliphatic rings. The number of furan rings is 1. The molecule has 2 nitrogen and oxygen atoms in total. The van der Waals surface area contributed by atoms with Crippen LogP contribution in [-0.4, -0.2) is 5.78 Å². The van der Waals surface area contributed by atoms with Gasteiger partial charge in [-0.3, -0.25) is 4.79 Å². The zero-order valence-corrected chi connectivity index (χ0v) is 10.3. The van der Waals surface area contributed by atoms with Gasteiger partial charge in [-0.25, -0.2) is 0 Å².